The largest absolute Gasteiger partial charge is 0.424 e. The first-order valence-corrected chi connectivity index (χ1v) is 10.4. The quantitative estimate of drug-likeness (QED) is 0.767. The van der Waals surface area contributed by atoms with Crippen LogP contribution in [0, 0.1) is 0 Å². The number of benzene rings is 1. The Balaban J connectivity index is 1.40. The van der Waals surface area contributed by atoms with Gasteiger partial charge in [0.1, 0.15) is 0 Å². The Hall–Kier alpha value is -1.92. The zero-order chi connectivity index (χ0) is 19.7. The first-order valence-electron chi connectivity index (χ1n) is 10.0. The lowest BCUT2D eigenvalue weighted by atomic mass is 9.64. The summed E-state index contributed by atoms with van der Waals surface area (Å²) in [6, 6.07) is 8.30. The Morgan fingerprint density at radius 2 is 2.00 bits per heavy atom. The van der Waals surface area contributed by atoms with Gasteiger partial charge < -0.3 is 14.2 Å². The fourth-order valence-corrected chi connectivity index (χ4v) is 4.25. The second kappa shape index (κ2) is 7.84. The van der Waals surface area contributed by atoms with Crippen molar-refractivity contribution >= 4 is 17.5 Å². The molecule has 2 fully saturated rings. The Morgan fingerprint density at radius 1 is 1.25 bits per heavy atom. The second-order valence-corrected chi connectivity index (χ2v) is 8.55. The Kier molecular flexibility index (Phi) is 5.43. The van der Waals surface area contributed by atoms with Crippen molar-refractivity contribution in [2.75, 3.05) is 26.7 Å². The van der Waals surface area contributed by atoms with Crippen molar-refractivity contribution in [3.05, 3.63) is 46.6 Å². The molecule has 150 valence electrons. The first kappa shape index (κ1) is 19.4. The van der Waals surface area contributed by atoms with Gasteiger partial charge in [-0.05, 0) is 44.5 Å². The van der Waals surface area contributed by atoms with Crippen molar-refractivity contribution in [3.63, 3.8) is 0 Å². The SMILES string of the molecule is C[C@H]1CN(C(=O)CCc2nnc(C3(c4ccc(Cl)cc4)CCC3)o2)CCN1C. The molecule has 2 aliphatic rings. The highest BCUT2D eigenvalue weighted by molar-refractivity contribution is 6.30. The van der Waals surface area contributed by atoms with E-state index in [1.165, 1.54) is 5.56 Å². The summed E-state index contributed by atoms with van der Waals surface area (Å²) < 4.78 is 6.02. The molecule has 4 rings (SSSR count). The van der Waals surface area contributed by atoms with E-state index in [-0.39, 0.29) is 11.3 Å². The van der Waals surface area contributed by atoms with Crippen LogP contribution < -0.4 is 0 Å². The number of rotatable bonds is 5. The van der Waals surface area contributed by atoms with E-state index in [1.54, 1.807) is 0 Å². The van der Waals surface area contributed by atoms with Crippen LogP contribution in [0.25, 0.3) is 0 Å². The topological polar surface area (TPSA) is 62.5 Å². The fourth-order valence-electron chi connectivity index (χ4n) is 4.12. The number of hydrogen-bond acceptors (Lipinski definition) is 5. The number of nitrogens with zero attached hydrogens (tertiary/aromatic N) is 4. The van der Waals surface area contributed by atoms with Crippen LogP contribution in [0.2, 0.25) is 5.02 Å². The summed E-state index contributed by atoms with van der Waals surface area (Å²) >= 11 is 6.04. The molecular weight excluding hydrogens is 376 g/mol. The minimum absolute atomic E-state index is 0.163. The highest BCUT2D eigenvalue weighted by Crippen LogP contribution is 2.48. The van der Waals surface area contributed by atoms with Gasteiger partial charge in [0.2, 0.25) is 17.7 Å². The molecule has 0 bridgehead atoms. The number of piperazine rings is 1. The van der Waals surface area contributed by atoms with Gasteiger partial charge in [-0.3, -0.25) is 4.79 Å². The molecule has 0 spiro atoms. The van der Waals surface area contributed by atoms with Gasteiger partial charge in [0.15, 0.2) is 0 Å². The van der Waals surface area contributed by atoms with E-state index < -0.39 is 0 Å². The van der Waals surface area contributed by atoms with Crippen molar-refractivity contribution in [2.45, 2.75) is 50.5 Å². The number of carbonyl (C=O) groups is 1. The van der Waals surface area contributed by atoms with Crippen LogP contribution in [0.4, 0.5) is 0 Å². The van der Waals surface area contributed by atoms with Crippen molar-refractivity contribution in [1.82, 2.24) is 20.0 Å². The average molecular weight is 403 g/mol. The lowest BCUT2D eigenvalue weighted by Crippen LogP contribution is -2.52. The van der Waals surface area contributed by atoms with Crippen molar-refractivity contribution in [1.29, 1.82) is 0 Å². The molecule has 1 aromatic heterocycles. The van der Waals surface area contributed by atoms with Crippen LogP contribution in [0.1, 0.15) is 50.0 Å². The third-order valence-electron chi connectivity index (χ3n) is 6.35. The monoisotopic (exact) mass is 402 g/mol. The number of amides is 1. The Morgan fingerprint density at radius 3 is 2.64 bits per heavy atom. The van der Waals surface area contributed by atoms with E-state index >= 15 is 0 Å². The van der Waals surface area contributed by atoms with Crippen LogP contribution in [-0.2, 0) is 16.6 Å². The predicted molar refractivity (Wildman–Crippen MR) is 107 cm³/mol. The lowest BCUT2D eigenvalue weighted by molar-refractivity contribution is -0.133. The smallest absolute Gasteiger partial charge is 0.227 e. The predicted octanol–water partition coefficient (Wildman–Crippen LogP) is 3.29. The van der Waals surface area contributed by atoms with Crippen molar-refractivity contribution < 1.29 is 9.21 Å². The maximum atomic E-state index is 12.6. The van der Waals surface area contributed by atoms with E-state index in [9.17, 15) is 4.79 Å². The van der Waals surface area contributed by atoms with Gasteiger partial charge in [-0.2, -0.15) is 0 Å². The second-order valence-electron chi connectivity index (χ2n) is 8.11. The zero-order valence-electron chi connectivity index (χ0n) is 16.5. The van der Waals surface area contributed by atoms with Gasteiger partial charge in [0.05, 0.1) is 5.41 Å². The van der Waals surface area contributed by atoms with E-state index in [1.807, 2.05) is 29.2 Å². The first-order chi connectivity index (χ1) is 13.5. The third kappa shape index (κ3) is 3.67. The Labute approximate surface area is 170 Å². The molecule has 28 heavy (non-hydrogen) atoms. The van der Waals surface area contributed by atoms with E-state index in [0.29, 0.717) is 30.7 Å². The molecule has 1 aromatic carbocycles. The minimum atomic E-state index is -0.202. The highest BCUT2D eigenvalue weighted by atomic mass is 35.5. The molecule has 1 aliphatic carbocycles. The molecule has 1 atom stereocenters. The maximum Gasteiger partial charge on any atom is 0.227 e. The zero-order valence-corrected chi connectivity index (χ0v) is 17.3. The molecule has 2 aromatic rings. The van der Waals surface area contributed by atoms with Crippen molar-refractivity contribution in [2.24, 2.45) is 0 Å². The van der Waals surface area contributed by atoms with E-state index in [2.05, 4.69) is 29.1 Å². The van der Waals surface area contributed by atoms with Gasteiger partial charge in [-0.1, -0.05) is 30.2 Å². The Bertz CT molecular complexity index is 831. The standard InChI is InChI=1S/C21H27ClN4O2/c1-15-14-26(13-12-25(15)2)19(27)9-8-18-23-24-20(28-18)21(10-3-11-21)16-4-6-17(22)7-5-16/h4-7,15H,3,8-14H2,1-2H3/t15-/m0/s1. The molecule has 0 unspecified atom stereocenters. The number of aromatic nitrogens is 2. The van der Waals surface area contributed by atoms with E-state index in [0.717, 1.165) is 43.9 Å². The maximum absolute atomic E-state index is 12.6. The molecule has 0 radical (unpaired) electrons. The minimum Gasteiger partial charge on any atom is -0.424 e. The molecule has 7 heteroatoms. The van der Waals surface area contributed by atoms with Gasteiger partial charge in [0.25, 0.3) is 0 Å². The number of carbonyl (C=O) groups excluding carboxylic acids is 1. The molecule has 2 heterocycles. The number of hydrogen-bond donors (Lipinski definition) is 0. The van der Waals surface area contributed by atoms with Crippen molar-refractivity contribution in [3.8, 4) is 0 Å². The normalized spacial score (nSPS) is 22.1. The number of likely N-dealkylation sites (N-methyl/N-ethyl adjacent to an activating group) is 1. The summed E-state index contributed by atoms with van der Waals surface area (Å²) in [5.74, 6) is 1.37. The molecule has 1 amide bonds. The summed E-state index contributed by atoms with van der Waals surface area (Å²) in [4.78, 5) is 16.8. The highest BCUT2D eigenvalue weighted by Gasteiger charge is 2.45. The summed E-state index contributed by atoms with van der Waals surface area (Å²) in [5.41, 5.74) is 0.966. The summed E-state index contributed by atoms with van der Waals surface area (Å²) in [6.45, 7) is 4.64. The van der Waals surface area contributed by atoms with Crippen LogP contribution >= 0.6 is 11.6 Å². The van der Waals surface area contributed by atoms with Gasteiger partial charge in [0, 0.05) is 43.5 Å². The fraction of sp³-hybridized carbons (Fsp3) is 0.571. The van der Waals surface area contributed by atoms with Crippen LogP contribution in [0.15, 0.2) is 28.7 Å². The molecule has 1 saturated carbocycles. The molecule has 6 nitrogen and oxygen atoms in total. The third-order valence-corrected chi connectivity index (χ3v) is 6.60. The molecular formula is C21H27ClN4O2. The van der Waals surface area contributed by atoms with Gasteiger partial charge in [-0.25, -0.2) is 0 Å². The van der Waals surface area contributed by atoms with Crippen LogP contribution in [0.3, 0.4) is 0 Å². The average Bonchev–Trinajstić information content (AvgIpc) is 3.12. The summed E-state index contributed by atoms with van der Waals surface area (Å²) in [6.07, 6.45) is 4.03. The summed E-state index contributed by atoms with van der Waals surface area (Å²) in [7, 11) is 2.10. The molecule has 1 aliphatic heterocycles. The lowest BCUT2D eigenvalue weighted by Gasteiger charge is -2.39. The van der Waals surface area contributed by atoms with Gasteiger partial charge >= 0.3 is 0 Å². The molecule has 1 saturated heterocycles. The van der Waals surface area contributed by atoms with Crippen LogP contribution in [0.5, 0.6) is 0 Å². The number of aryl methyl sites for hydroxylation is 1. The molecule has 0 N–H and O–H groups in total. The van der Waals surface area contributed by atoms with Gasteiger partial charge in [-0.15, -0.1) is 10.2 Å². The van der Waals surface area contributed by atoms with E-state index in [4.69, 9.17) is 16.0 Å². The summed E-state index contributed by atoms with van der Waals surface area (Å²) in [5, 5.41) is 9.29. The van der Waals surface area contributed by atoms with Crippen LogP contribution in [-0.4, -0.2) is 58.6 Å². The number of halogens is 1.